The standard InChI is InChI=1S/C20H29NO2/c1-4-19(22)18-7-5-6-17(14-18)16-10-12-21(13-11-16)20(23)9-8-15(2)3/h5-7,14-16H,4,8-13H2,1-3H3. The van der Waals surface area contributed by atoms with Gasteiger partial charge >= 0.3 is 0 Å². The van der Waals surface area contributed by atoms with Crippen molar-refractivity contribution in [2.24, 2.45) is 5.92 Å². The van der Waals surface area contributed by atoms with E-state index in [4.69, 9.17) is 0 Å². The van der Waals surface area contributed by atoms with E-state index in [1.165, 1.54) is 5.56 Å². The van der Waals surface area contributed by atoms with Crippen LogP contribution in [-0.2, 0) is 4.79 Å². The van der Waals surface area contributed by atoms with Crippen LogP contribution in [0.25, 0.3) is 0 Å². The highest BCUT2D eigenvalue weighted by Crippen LogP contribution is 2.29. The normalized spacial score (nSPS) is 15.9. The molecule has 1 heterocycles. The number of carbonyl (C=O) groups is 2. The summed E-state index contributed by atoms with van der Waals surface area (Å²) in [5.41, 5.74) is 2.07. The lowest BCUT2D eigenvalue weighted by Gasteiger charge is -2.32. The van der Waals surface area contributed by atoms with Crippen LogP contribution in [0.1, 0.15) is 74.7 Å². The van der Waals surface area contributed by atoms with Gasteiger partial charge in [0.05, 0.1) is 0 Å². The first-order chi connectivity index (χ1) is 11.0. The Morgan fingerprint density at radius 1 is 1.22 bits per heavy atom. The minimum atomic E-state index is 0.202. The smallest absolute Gasteiger partial charge is 0.222 e. The average molecular weight is 315 g/mol. The van der Waals surface area contributed by atoms with Crippen LogP contribution in [0.4, 0.5) is 0 Å². The monoisotopic (exact) mass is 315 g/mol. The fraction of sp³-hybridized carbons (Fsp3) is 0.600. The largest absolute Gasteiger partial charge is 0.343 e. The molecule has 0 bridgehead atoms. The Kier molecular flexibility index (Phi) is 6.37. The van der Waals surface area contributed by atoms with Gasteiger partial charge in [-0.15, -0.1) is 0 Å². The zero-order valence-corrected chi connectivity index (χ0v) is 14.7. The Bertz CT molecular complexity index is 542. The van der Waals surface area contributed by atoms with E-state index in [-0.39, 0.29) is 5.78 Å². The summed E-state index contributed by atoms with van der Waals surface area (Å²) in [5.74, 6) is 1.55. The van der Waals surface area contributed by atoms with Gasteiger partial charge in [-0.2, -0.15) is 0 Å². The predicted octanol–water partition coefficient (Wildman–Crippen LogP) is 4.42. The predicted molar refractivity (Wildman–Crippen MR) is 93.7 cm³/mol. The molecule has 0 unspecified atom stereocenters. The lowest BCUT2D eigenvalue weighted by atomic mass is 9.88. The highest BCUT2D eigenvalue weighted by molar-refractivity contribution is 5.96. The van der Waals surface area contributed by atoms with E-state index >= 15 is 0 Å². The number of carbonyl (C=O) groups excluding carboxylic acids is 2. The first-order valence-corrected chi connectivity index (χ1v) is 8.92. The van der Waals surface area contributed by atoms with E-state index in [1.54, 1.807) is 0 Å². The van der Waals surface area contributed by atoms with Gasteiger partial charge in [-0.05, 0) is 42.7 Å². The third kappa shape index (κ3) is 4.92. The van der Waals surface area contributed by atoms with Crippen LogP contribution in [0, 0.1) is 5.92 Å². The Morgan fingerprint density at radius 3 is 2.52 bits per heavy atom. The SMILES string of the molecule is CCC(=O)c1cccc(C2CCN(C(=O)CCC(C)C)CC2)c1. The Balaban J connectivity index is 1.91. The number of benzene rings is 1. The molecule has 0 aliphatic carbocycles. The number of piperidine rings is 1. The first kappa shape index (κ1) is 17.7. The van der Waals surface area contributed by atoms with Gasteiger partial charge in [0.25, 0.3) is 0 Å². The summed E-state index contributed by atoms with van der Waals surface area (Å²) in [6.07, 6.45) is 4.18. The van der Waals surface area contributed by atoms with Gasteiger partial charge in [0, 0.05) is 31.5 Å². The summed E-state index contributed by atoms with van der Waals surface area (Å²) in [6.45, 7) is 7.89. The molecule has 0 radical (unpaired) electrons. The van der Waals surface area contributed by atoms with Gasteiger partial charge < -0.3 is 4.90 Å². The van der Waals surface area contributed by atoms with Crippen molar-refractivity contribution >= 4 is 11.7 Å². The minimum absolute atomic E-state index is 0.202. The number of ketones is 1. The molecule has 0 spiro atoms. The van der Waals surface area contributed by atoms with Crippen molar-refractivity contribution in [3.05, 3.63) is 35.4 Å². The third-order valence-electron chi connectivity index (χ3n) is 4.78. The maximum Gasteiger partial charge on any atom is 0.222 e. The van der Waals surface area contributed by atoms with E-state index in [0.29, 0.717) is 30.6 Å². The molecule has 1 saturated heterocycles. The Labute approximate surface area is 140 Å². The molecule has 2 rings (SSSR count). The third-order valence-corrected chi connectivity index (χ3v) is 4.78. The van der Waals surface area contributed by atoms with E-state index < -0.39 is 0 Å². The number of likely N-dealkylation sites (tertiary alicyclic amines) is 1. The second-order valence-electron chi connectivity index (χ2n) is 6.99. The summed E-state index contributed by atoms with van der Waals surface area (Å²) in [7, 11) is 0. The molecule has 1 amide bonds. The molecule has 1 aromatic carbocycles. The van der Waals surface area contributed by atoms with Crippen molar-refractivity contribution in [1.29, 1.82) is 0 Å². The highest BCUT2D eigenvalue weighted by atomic mass is 16.2. The zero-order valence-electron chi connectivity index (χ0n) is 14.7. The van der Waals surface area contributed by atoms with Crippen molar-refractivity contribution in [2.75, 3.05) is 13.1 Å². The van der Waals surface area contributed by atoms with Crippen LogP contribution in [0.15, 0.2) is 24.3 Å². The molecular formula is C20H29NO2. The molecule has 1 aliphatic heterocycles. The summed E-state index contributed by atoms with van der Waals surface area (Å²) in [5, 5.41) is 0. The van der Waals surface area contributed by atoms with Gasteiger partial charge in [-0.25, -0.2) is 0 Å². The quantitative estimate of drug-likeness (QED) is 0.729. The molecule has 1 aliphatic rings. The molecular weight excluding hydrogens is 286 g/mol. The molecule has 0 saturated carbocycles. The zero-order chi connectivity index (χ0) is 16.8. The van der Waals surface area contributed by atoms with Gasteiger partial charge in [0.15, 0.2) is 5.78 Å². The summed E-state index contributed by atoms with van der Waals surface area (Å²) >= 11 is 0. The maximum atomic E-state index is 12.2. The highest BCUT2D eigenvalue weighted by Gasteiger charge is 2.24. The maximum absolute atomic E-state index is 12.2. The number of Topliss-reactive ketones (excluding diaryl/α,β-unsaturated/α-hetero) is 1. The fourth-order valence-corrected chi connectivity index (χ4v) is 3.20. The first-order valence-electron chi connectivity index (χ1n) is 8.92. The fourth-order valence-electron chi connectivity index (χ4n) is 3.20. The summed E-state index contributed by atoms with van der Waals surface area (Å²) in [4.78, 5) is 26.1. The second kappa shape index (κ2) is 8.28. The van der Waals surface area contributed by atoms with E-state index in [2.05, 4.69) is 19.9 Å². The van der Waals surface area contributed by atoms with Crippen LogP contribution in [-0.4, -0.2) is 29.7 Å². The van der Waals surface area contributed by atoms with E-state index in [9.17, 15) is 9.59 Å². The van der Waals surface area contributed by atoms with Gasteiger partial charge in [-0.3, -0.25) is 9.59 Å². The number of rotatable bonds is 6. The van der Waals surface area contributed by atoms with E-state index in [1.807, 2.05) is 30.0 Å². The van der Waals surface area contributed by atoms with Crippen molar-refractivity contribution in [3.63, 3.8) is 0 Å². The van der Waals surface area contributed by atoms with Crippen molar-refractivity contribution in [2.45, 2.75) is 58.8 Å². The van der Waals surface area contributed by atoms with Crippen molar-refractivity contribution in [3.8, 4) is 0 Å². The van der Waals surface area contributed by atoms with Gasteiger partial charge in [0.2, 0.25) is 5.91 Å². The lowest BCUT2D eigenvalue weighted by Crippen LogP contribution is -2.37. The second-order valence-corrected chi connectivity index (χ2v) is 6.99. The van der Waals surface area contributed by atoms with Gasteiger partial charge in [0.1, 0.15) is 0 Å². The molecule has 0 atom stereocenters. The van der Waals surface area contributed by atoms with Gasteiger partial charge in [-0.1, -0.05) is 39.0 Å². The molecule has 3 nitrogen and oxygen atoms in total. The summed E-state index contributed by atoms with van der Waals surface area (Å²) in [6, 6.07) is 8.05. The van der Waals surface area contributed by atoms with E-state index in [0.717, 1.165) is 37.9 Å². The Morgan fingerprint density at radius 2 is 1.91 bits per heavy atom. The molecule has 0 N–H and O–H groups in total. The van der Waals surface area contributed by atoms with Crippen molar-refractivity contribution < 1.29 is 9.59 Å². The number of hydrogen-bond donors (Lipinski definition) is 0. The van der Waals surface area contributed by atoms with Crippen LogP contribution in [0.2, 0.25) is 0 Å². The number of amides is 1. The molecule has 126 valence electrons. The average Bonchev–Trinajstić information content (AvgIpc) is 2.59. The molecule has 1 fully saturated rings. The lowest BCUT2D eigenvalue weighted by molar-refractivity contribution is -0.132. The molecule has 3 heteroatoms. The van der Waals surface area contributed by atoms with Crippen LogP contribution in [0.3, 0.4) is 0 Å². The molecule has 1 aromatic rings. The van der Waals surface area contributed by atoms with Crippen LogP contribution >= 0.6 is 0 Å². The van der Waals surface area contributed by atoms with Crippen molar-refractivity contribution in [1.82, 2.24) is 4.90 Å². The molecule has 0 aromatic heterocycles. The minimum Gasteiger partial charge on any atom is -0.343 e. The number of nitrogens with zero attached hydrogens (tertiary/aromatic N) is 1. The number of hydrogen-bond acceptors (Lipinski definition) is 2. The molecule has 23 heavy (non-hydrogen) atoms. The summed E-state index contributed by atoms with van der Waals surface area (Å²) < 4.78 is 0. The topological polar surface area (TPSA) is 37.4 Å². The Hall–Kier alpha value is -1.64. The van der Waals surface area contributed by atoms with Crippen LogP contribution < -0.4 is 0 Å². The van der Waals surface area contributed by atoms with Crippen LogP contribution in [0.5, 0.6) is 0 Å².